The Bertz CT molecular complexity index is 746. The van der Waals surface area contributed by atoms with Crippen LogP contribution in [0.5, 0.6) is 5.75 Å². The molecule has 1 heterocycles. The lowest BCUT2D eigenvalue weighted by molar-refractivity contribution is -0.140. The molecule has 5 heteroatoms. The minimum absolute atomic E-state index is 0.125. The summed E-state index contributed by atoms with van der Waals surface area (Å²) < 4.78 is 5.12. The fourth-order valence-electron chi connectivity index (χ4n) is 4.87. The van der Waals surface area contributed by atoms with Gasteiger partial charge in [-0.15, -0.1) is 0 Å². The minimum atomic E-state index is -0.190. The first kappa shape index (κ1) is 14.0. The van der Waals surface area contributed by atoms with E-state index in [2.05, 4.69) is 17.3 Å². The minimum Gasteiger partial charge on any atom is -0.497 e. The Morgan fingerprint density at radius 3 is 2.17 bits per heavy atom. The molecule has 24 heavy (non-hydrogen) atoms. The molecule has 2 saturated carbocycles. The van der Waals surface area contributed by atoms with E-state index in [1.807, 2.05) is 24.3 Å². The zero-order valence-corrected chi connectivity index (χ0v) is 13.3. The maximum atomic E-state index is 12.8. The second-order valence-electron chi connectivity index (χ2n) is 7.16. The number of allylic oxidation sites excluding steroid dienone is 2. The van der Waals surface area contributed by atoms with Crippen LogP contribution in [0.1, 0.15) is 12.0 Å². The van der Waals surface area contributed by atoms with Crippen LogP contribution in [-0.4, -0.2) is 30.1 Å². The maximum absolute atomic E-state index is 12.8. The van der Waals surface area contributed by atoms with Crippen molar-refractivity contribution in [3.05, 3.63) is 42.0 Å². The molecular formula is C19H18N2O3. The van der Waals surface area contributed by atoms with E-state index < -0.39 is 0 Å². The lowest BCUT2D eigenvalue weighted by Gasteiger charge is -2.37. The maximum Gasteiger partial charge on any atom is 0.254 e. The predicted octanol–water partition coefficient (Wildman–Crippen LogP) is 2.08. The van der Waals surface area contributed by atoms with Crippen LogP contribution >= 0.6 is 0 Å². The first-order chi connectivity index (χ1) is 11.7. The van der Waals surface area contributed by atoms with Gasteiger partial charge >= 0.3 is 0 Å². The summed E-state index contributed by atoms with van der Waals surface area (Å²) in [5.41, 5.74) is 0.829. The van der Waals surface area contributed by atoms with E-state index in [1.54, 1.807) is 13.3 Å². The Morgan fingerprint density at radius 2 is 1.62 bits per heavy atom. The number of rotatable bonds is 3. The molecular weight excluding hydrogens is 304 g/mol. The first-order valence-corrected chi connectivity index (χ1v) is 8.43. The molecule has 1 aromatic rings. The summed E-state index contributed by atoms with van der Waals surface area (Å²) in [4.78, 5) is 25.5. The second-order valence-corrected chi connectivity index (χ2v) is 7.16. The summed E-state index contributed by atoms with van der Waals surface area (Å²) in [5.74, 6) is 1.83. The zero-order valence-electron chi connectivity index (χ0n) is 13.3. The molecule has 6 rings (SSSR count). The van der Waals surface area contributed by atoms with Crippen molar-refractivity contribution in [3.8, 4) is 5.75 Å². The van der Waals surface area contributed by atoms with Crippen LogP contribution in [0, 0.1) is 35.5 Å². The topological polar surface area (TPSA) is 59.0 Å². The van der Waals surface area contributed by atoms with Crippen LogP contribution < -0.4 is 4.74 Å². The van der Waals surface area contributed by atoms with Crippen molar-refractivity contribution < 1.29 is 14.3 Å². The van der Waals surface area contributed by atoms with Crippen molar-refractivity contribution in [2.24, 2.45) is 40.6 Å². The number of nitrogens with zero attached hydrogens (tertiary/aromatic N) is 2. The molecule has 0 spiro atoms. The average Bonchev–Trinajstić information content (AvgIpc) is 3.39. The first-order valence-electron chi connectivity index (χ1n) is 8.43. The molecule has 1 saturated heterocycles. The monoisotopic (exact) mass is 322 g/mol. The number of ether oxygens (including phenoxy) is 1. The standard InChI is InChI=1S/C19H18N2O3/c1-24-11-4-2-10(3-5-11)9-20-21-18(22)16-12-6-7-13(15-8-14(12)15)17(16)19(21)23/h2-7,9,12-17H,8H2,1H3/b20-9-/t12-,13+,14-,15-,16+,17+/m1/s1. The third kappa shape index (κ3) is 1.78. The summed E-state index contributed by atoms with van der Waals surface area (Å²) in [6.45, 7) is 0. The van der Waals surface area contributed by atoms with E-state index in [0.29, 0.717) is 11.8 Å². The van der Waals surface area contributed by atoms with Gasteiger partial charge in [-0.25, -0.2) is 0 Å². The van der Waals surface area contributed by atoms with Gasteiger partial charge in [-0.05, 0) is 59.9 Å². The Labute approximate surface area is 140 Å². The quantitative estimate of drug-likeness (QED) is 0.486. The van der Waals surface area contributed by atoms with Gasteiger partial charge in [0.25, 0.3) is 11.8 Å². The van der Waals surface area contributed by atoms with Crippen LogP contribution in [0.4, 0.5) is 0 Å². The van der Waals surface area contributed by atoms with E-state index in [0.717, 1.165) is 16.3 Å². The van der Waals surface area contributed by atoms with Crippen LogP contribution in [0.2, 0.25) is 0 Å². The van der Waals surface area contributed by atoms with Crippen molar-refractivity contribution >= 4 is 18.0 Å². The van der Waals surface area contributed by atoms with Gasteiger partial charge in [-0.1, -0.05) is 12.2 Å². The van der Waals surface area contributed by atoms with Gasteiger partial charge in [0, 0.05) is 0 Å². The van der Waals surface area contributed by atoms with Crippen molar-refractivity contribution in [3.63, 3.8) is 0 Å². The molecule has 1 aromatic carbocycles. The van der Waals surface area contributed by atoms with Crippen LogP contribution in [-0.2, 0) is 9.59 Å². The van der Waals surface area contributed by atoms with Crippen molar-refractivity contribution in [2.75, 3.05) is 7.11 Å². The number of carbonyl (C=O) groups excluding carboxylic acids is 2. The Hall–Kier alpha value is -2.43. The fourth-order valence-corrected chi connectivity index (χ4v) is 4.87. The molecule has 0 aromatic heterocycles. The molecule has 4 aliphatic carbocycles. The predicted molar refractivity (Wildman–Crippen MR) is 87.1 cm³/mol. The molecule has 122 valence electrons. The highest BCUT2D eigenvalue weighted by atomic mass is 16.5. The number of methoxy groups -OCH3 is 1. The number of hydrogen-bond donors (Lipinski definition) is 0. The highest BCUT2D eigenvalue weighted by molar-refractivity contribution is 6.06. The summed E-state index contributed by atoms with van der Waals surface area (Å²) in [6, 6.07) is 7.35. The Kier molecular flexibility index (Phi) is 2.78. The lowest BCUT2D eigenvalue weighted by atomic mass is 9.63. The van der Waals surface area contributed by atoms with Gasteiger partial charge < -0.3 is 4.74 Å². The Balaban J connectivity index is 1.41. The van der Waals surface area contributed by atoms with Gasteiger partial charge in [0.05, 0.1) is 25.2 Å². The van der Waals surface area contributed by atoms with Crippen LogP contribution in [0.25, 0.3) is 0 Å². The zero-order chi connectivity index (χ0) is 16.4. The largest absolute Gasteiger partial charge is 0.497 e. The number of hydrogen-bond acceptors (Lipinski definition) is 4. The van der Waals surface area contributed by atoms with Gasteiger partial charge in [-0.2, -0.15) is 10.1 Å². The summed E-state index contributed by atoms with van der Waals surface area (Å²) in [5, 5.41) is 5.32. The van der Waals surface area contributed by atoms with Gasteiger partial charge in [0.15, 0.2) is 0 Å². The molecule has 6 atom stereocenters. The smallest absolute Gasteiger partial charge is 0.254 e. The van der Waals surface area contributed by atoms with E-state index in [1.165, 1.54) is 6.42 Å². The third-order valence-corrected chi connectivity index (χ3v) is 6.08. The van der Waals surface area contributed by atoms with Crippen LogP contribution in [0.3, 0.4) is 0 Å². The SMILES string of the molecule is COc1ccc(/C=N\N2C(=O)[C@H]3[C@@H]4C=C[C@@H]([C@H]5C[C@H]45)[C@@H]3C2=O)cc1. The van der Waals surface area contributed by atoms with Gasteiger partial charge in [0.1, 0.15) is 5.75 Å². The van der Waals surface area contributed by atoms with Crippen molar-refractivity contribution in [1.82, 2.24) is 5.01 Å². The normalized spacial score (nSPS) is 38.6. The summed E-state index contributed by atoms with van der Waals surface area (Å²) >= 11 is 0. The molecule has 2 bridgehead atoms. The fraction of sp³-hybridized carbons (Fsp3) is 0.421. The van der Waals surface area contributed by atoms with E-state index >= 15 is 0 Å². The van der Waals surface area contributed by atoms with Gasteiger partial charge in [0.2, 0.25) is 0 Å². The second kappa shape index (κ2) is 4.79. The summed E-state index contributed by atoms with van der Waals surface area (Å²) in [7, 11) is 1.61. The number of imide groups is 1. The highest BCUT2D eigenvalue weighted by Crippen LogP contribution is 2.65. The van der Waals surface area contributed by atoms with E-state index in [-0.39, 0.29) is 35.5 Å². The third-order valence-electron chi connectivity index (χ3n) is 6.08. The molecule has 3 fully saturated rings. The lowest BCUT2D eigenvalue weighted by Crippen LogP contribution is -2.40. The van der Waals surface area contributed by atoms with Crippen molar-refractivity contribution in [1.29, 1.82) is 0 Å². The number of carbonyl (C=O) groups is 2. The summed E-state index contributed by atoms with van der Waals surface area (Å²) in [6.07, 6.45) is 7.08. The molecule has 0 radical (unpaired) electrons. The highest BCUT2D eigenvalue weighted by Gasteiger charge is 2.67. The number of amides is 2. The van der Waals surface area contributed by atoms with Crippen LogP contribution in [0.15, 0.2) is 41.5 Å². The number of benzene rings is 1. The molecule has 0 unspecified atom stereocenters. The van der Waals surface area contributed by atoms with E-state index in [4.69, 9.17) is 4.74 Å². The molecule has 5 aliphatic rings. The molecule has 5 nitrogen and oxygen atoms in total. The van der Waals surface area contributed by atoms with Gasteiger partial charge in [-0.3, -0.25) is 9.59 Å². The average molecular weight is 322 g/mol. The van der Waals surface area contributed by atoms with E-state index in [9.17, 15) is 9.59 Å². The molecule has 0 N–H and O–H groups in total. The van der Waals surface area contributed by atoms with Crippen molar-refractivity contribution in [2.45, 2.75) is 6.42 Å². The number of hydrazone groups is 1. The Morgan fingerprint density at radius 1 is 1.04 bits per heavy atom. The molecule has 2 amide bonds. The molecule has 1 aliphatic heterocycles.